The summed E-state index contributed by atoms with van der Waals surface area (Å²) in [6.07, 6.45) is -4.39. The third kappa shape index (κ3) is 2.66. The lowest BCUT2D eigenvalue weighted by Crippen LogP contribution is -2.07. The molecular formula is C12H7BrF3N. The maximum atomic E-state index is 12.5. The highest BCUT2D eigenvalue weighted by molar-refractivity contribution is 9.10. The molecule has 0 aliphatic carbocycles. The van der Waals surface area contributed by atoms with Crippen LogP contribution in [0.1, 0.15) is 5.56 Å². The van der Waals surface area contributed by atoms with Crippen LogP contribution in [0.2, 0.25) is 0 Å². The van der Waals surface area contributed by atoms with E-state index in [2.05, 4.69) is 20.9 Å². The second-order valence-electron chi connectivity index (χ2n) is 3.40. The van der Waals surface area contributed by atoms with Gasteiger partial charge in [-0.2, -0.15) is 13.2 Å². The molecule has 1 nitrogen and oxygen atoms in total. The van der Waals surface area contributed by atoms with Crippen LogP contribution in [0, 0.1) is 0 Å². The lowest BCUT2D eigenvalue weighted by molar-refractivity contribution is -0.138. The van der Waals surface area contributed by atoms with Crippen molar-refractivity contribution in [2.24, 2.45) is 0 Å². The quantitative estimate of drug-likeness (QED) is 0.705. The first-order valence-electron chi connectivity index (χ1n) is 4.77. The van der Waals surface area contributed by atoms with Gasteiger partial charge in [0.1, 0.15) is 4.60 Å². The van der Waals surface area contributed by atoms with Gasteiger partial charge in [-0.25, -0.2) is 4.98 Å². The second-order valence-corrected chi connectivity index (χ2v) is 4.15. The van der Waals surface area contributed by atoms with E-state index in [0.29, 0.717) is 5.69 Å². The van der Waals surface area contributed by atoms with E-state index in [1.165, 1.54) is 6.07 Å². The molecule has 17 heavy (non-hydrogen) atoms. The van der Waals surface area contributed by atoms with E-state index in [0.717, 1.165) is 11.6 Å². The third-order valence-electron chi connectivity index (χ3n) is 2.22. The number of nitrogens with zero attached hydrogens (tertiary/aromatic N) is 1. The molecule has 0 N–H and O–H groups in total. The maximum Gasteiger partial charge on any atom is 0.419 e. The molecule has 0 saturated heterocycles. The monoisotopic (exact) mass is 301 g/mol. The Balaban J connectivity index is 2.45. The van der Waals surface area contributed by atoms with Crippen LogP contribution in [-0.2, 0) is 6.18 Å². The molecule has 1 aromatic heterocycles. The highest BCUT2D eigenvalue weighted by atomic mass is 79.9. The molecule has 0 aliphatic heterocycles. The predicted molar refractivity (Wildman–Crippen MR) is 62.4 cm³/mol. The van der Waals surface area contributed by atoms with Crippen LogP contribution in [0.5, 0.6) is 0 Å². The molecule has 0 atom stereocenters. The van der Waals surface area contributed by atoms with E-state index in [9.17, 15) is 13.2 Å². The highest BCUT2D eigenvalue weighted by Crippen LogP contribution is 2.34. The molecule has 1 aromatic carbocycles. The molecule has 0 saturated carbocycles. The second kappa shape index (κ2) is 4.49. The van der Waals surface area contributed by atoms with Gasteiger partial charge in [-0.3, -0.25) is 0 Å². The Morgan fingerprint density at radius 1 is 0.941 bits per heavy atom. The Morgan fingerprint density at radius 2 is 1.59 bits per heavy atom. The number of benzene rings is 1. The van der Waals surface area contributed by atoms with Gasteiger partial charge >= 0.3 is 6.18 Å². The van der Waals surface area contributed by atoms with Crippen molar-refractivity contribution in [3.63, 3.8) is 0 Å². The summed E-state index contributed by atoms with van der Waals surface area (Å²) in [5.74, 6) is 0. The van der Waals surface area contributed by atoms with Crippen molar-refractivity contribution in [3.8, 4) is 11.3 Å². The van der Waals surface area contributed by atoms with Crippen molar-refractivity contribution >= 4 is 15.9 Å². The van der Waals surface area contributed by atoms with Crippen molar-refractivity contribution in [1.29, 1.82) is 0 Å². The topological polar surface area (TPSA) is 12.9 Å². The molecule has 2 aromatic rings. The zero-order chi connectivity index (χ0) is 12.5. The minimum atomic E-state index is -4.39. The summed E-state index contributed by atoms with van der Waals surface area (Å²) >= 11 is 2.85. The van der Waals surface area contributed by atoms with Crippen LogP contribution in [-0.4, -0.2) is 4.98 Å². The van der Waals surface area contributed by atoms with Gasteiger partial charge in [0.05, 0.1) is 11.3 Å². The van der Waals surface area contributed by atoms with E-state index in [4.69, 9.17) is 0 Å². The summed E-state index contributed by atoms with van der Waals surface area (Å²) in [6, 6.07) is 11.4. The lowest BCUT2D eigenvalue weighted by Gasteiger charge is -2.09. The summed E-state index contributed by atoms with van der Waals surface area (Å²) in [6.45, 7) is 0. The average Bonchev–Trinajstić information content (AvgIpc) is 2.28. The fourth-order valence-electron chi connectivity index (χ4n) is 1.42. The minimum absolute atomic E-state index is 0.189. The van der Waals surface area contributed by atoms with Crippen molar-refractivity contribution in [3.05, 3.63) is 52.6 Å². The smallest absolute Gasteiger partial charge is 0.240 e. The minimum Gasteiger partial charge on any atom is -0.240 e. The van der Waals surface area contributed by atoms with Gasteiger partial charge in [0.25, 0.3) is 0 Å². The summed E-state index contributed by atoms with van der Waals surface area (Å²) < 4.78 is 37.4. The van der Waals surface area contributed by atoms with Crippen LogP contribution in [0.3, 0.4) is 0 Å². The number of alkyl halides is 3. The Labute approximate surface area is 104 Å². The lowest BCUT2D eigenvalue weighted by atomic mass is 10.1. The number of pyridine rings is 1. The normalized spacial score (nSPS) is 11.5. The number of hydrogen-bond acceptors (Lipinski definition) is 1. The van der Waals surface area contributed by atoms with Crippen LogP contribution in [0.25, 0.3) is 11.3 Å². The Hall–Kier alpha value is -1.36. The molecular weight excluding hydrogens is 295 g/mol. The SMILES string of the molecule is FC(F)(F)c1ccc(-c2ccccc2)nc1Br. The third-order valence-corrected chi connectivity index (χ3v) is 2.83. The molecule has 88 valence electrons. The van der Waals surface area contributed by atoms with E-state index in [1.807, 2.05) is 18.2 Å². The Morgan fingerprint density at radius 3 is 2.12 bits per heavy atom. The fourth-order valence-corrected chi connectivity index (χ4v) is 1.96. The zero-order valence-electron chi connectivity index (χ0n) is 8.50. The van der Waals surface area contributed by atoms with Crippen LogP contribution < -0.4 is 0 Å². The summed E-state index contributed by atoms with van der Waals surface area (Å²) in [4.78, 5) is 3.91. The summed E-state index contributed by atoms with van der Waals surface area (Å²) in [5, 5.41) is 0. The van der Waals surface area contributed by atoms with Crippen LogP contribution >= 0.6 is 15.9 Å². The van der Waals surface area contributed by atoms with Crippen LogP contribution in [0.15, 0.2) is 47.1 Å². The van der Waals surface area contributed by atoms with Gasteiger partial charge in [-0.05, 0) is 28.1 Å². The van der Waals surface area contributed by atoms with Gasteiger partial charge < -0.3 is 0 Å². The Bertz CT molecular complexity index is 523. The van der Waals surface area contributed by atoms with E-state index in [-0.39, 0.29) is 4.60 Å². The number of aromatic nitrogens is 1. The van der Waals surface area contributed by atoms with Crippen LogP contribution in [0.4, 0.5) is 13.2 Å². The molecule has 5 heteroatoms. The van der Waals surface area contributed by atoms with Crippen molar-refractivity contribution in [2.75, 3.05) is 0 Å². The predicted octanol–water partition coefficient (Wildman–Crippen LogP) is 4.53. The van der Waals surface area contributed by atoms with Crippen molar-refractivity contribution in [2.45, 2.75) is 6.18 Å². The summed E-state index contributed by atoms with van der Waals surface area (Å²) in [7, 11) is 0. The highest BCUT2D eigenvalue weighted by Gasteiger charge is 2.33. The van der Waals surface area contributed by atoms with Crippen molar-refractivity contribution in [1.82, 2.24) is 4.98 Å². The van der Waals surface area contributed by atoms with Gasteiger partial charge in [0.2, 0.25) is 0 Å². The van der Waals surface area contributed by atoms with Gasteiger partial charge in [0, 0.05) is 5.56 Å². The average molecular weight is 302 g/mol. The zero-order valence-corrected chi connectivity index (χ0v) is 10.1. The van der Waals surface area contributed by atoms with E-state index < -0.39 is 11.7 Å². The Kier molecular flexibility index (Phi) is 3.19. The van der Waals surface area contributed by atoms with E-state index in [1.54, 1.807) is 12.1 Å². The first kappa shape index (κ1) is 12.1. The van der Waals surface area contributed by atoms with E-state index >= 15 is 0 Å². The number of rotatable bonds is 1. The first-order valence-corrected chi connectivity index (χ1v) is 5.57. The largest absolute Gasteiger partial charge is 0.419 e. The molecule has 1 heterocycles. The molecule has 0 amide bonds. The molecule has 0 spiro atoms. The molecule has 0 aliphatic rings. The number of halogens is 4. The first-order chi connectivity index (χ1) is 7.98. The van der Waals surface area contributed by atoms with Gasteiger partial charge in [-0.1, -0.05) is 30.3 Å². The molecule has 0 bridgehead atoms. The number of hydrogen-bond donors (Lipinski definition) is 0. The standard InChI is InChI=1S/C12H7BrF3N/c13-11-9(12(14,15)16)6-7-10(17-11)8-4-2-1-3-5-8/h1-7H. The van der Waals surface area contributed by atoms with Gasteiger partial charge in [-0.15, -0.1) is 0 Å². The summed E-state index contributed by atoms with van der Waals surface area (Å²) in [5.41, 5.74) is 0.518. The molecule has 0 unspecified atom stereocenters. The molecule has 2 rings (SSSR count). The molecule has 0 radical (unpaired) electrons. The maximum absolute atomic E-state index is 12.5. The fraction of sp³-hybridized carbons (Fsp3) is 0.0833. The molecule has 0 fully saturated rings. The van der Waals surface area contributed by atoms with Gasteiger partial charge in [0.15, 0.2) is 0 Å². The van der Waals surface area contributed by atoms with Crippen molar-refractivity contribution < 1.29 is 13.2 Å².